The molecule has 3 heteroatoms. The van der Waals surface area contributed by atoms with E-state index >= 15 is 0 Å². The molecule has 18 heavy (non-hydrogen) atoms. The zero-order valence-corrected chi connectivity index (χ0v) is 12.5. The van der Waals surface area contributed by atoms with Crippen molar-refractivity contribution in [3.05, 3.63) is 28.2 Å². The minimum atomic E-state index is 0.650. The summed E-state index contributed by atoms with van der Waals surface area (Å²) >= 11 is 3.56. The van der Waals surface area contributed by atoms with Gasteiger partial charge in [-0.3, -0.25) is 0 Å². The van der Waals surface area contributed by atoms with Crippen LogP contribution >= 0.6 is 15.9 Å². The molecular weight excluding hydrogens is 288 g/mol. The Hall–Kier alpha value is -0.540. The van der Waals surface area contributed by atoms with Gasteiger partial charge in [0.15, 0.2) is 0 Å². The first-order chi connectivity index (χ1) is 8.72. The highest BCUT2D eigenvalue weighted by atomic mass is 79.9. The Balaban J connectivity index is 1.67. The lowest BCUT2D eigenvalue weighted by atomic mass is 9.97. The summed E-state index contributed by atoms with van der Waals surface area (Å²) in [4.78, 5) is 2.67. The van der Waals surface area contributed by atoms with Crippen LogP contribution in [0.5, 0.6) is 0 Å². The number of hydrogen-bond donors (Lipinski definition) is 1. The second-order valence-corrected chi connectivity index (χ2v) is 6.57. The first-order valence-corrected chi connectivity index (χ1v) is 7.78. The van der Waals surface area contributed by atoms with Gasteiger partial charge in [0, 0.05) is 28.8 Å². The number of nitrogens with zero attached hydrogens (tertiary/aromatic N) is 1. The SMILES string of the molecule is Cc1ccc(Br)cc1NC1CCN2CCCC2C1. The molecule has 0 amide bonds. The van der Waals surface area contributed by atoms with E-state index in [4.69, 9.17) is 0 Å². The van der Waals surface area contributed by atoms with Crippen LogP contribution in [0.1, 0.15) is 31.2 Å². The molecule has 0 radical (unpaired) electrons. The van der Waals surface area contributed by atoms with Crippen molar-refractivity contribution >= 4 is 21.6 Å². The molecular formula is C15H21BrN2. The molecule has 2 nitrogen and oxygen atoms in total. The van der Waals surface area contributed by atoms with E-state index in [0.717, 1.165) is 10.5 Å². The van der Waals surface area contributed by atoms with Crippen molar-refractivity contribution in [2.45, 2.75) is 44.7 Å². The Morgan fingerprint density at radius 3 is 3.06 bits per heavy atom. The average Bonchev–Trinajstić information content (AvgIpc) is 2.81. The third-order valence-corrected chi connectivity index (χ3v) is 4.87. The molecule has 2 aliphatic heterocycles. The number of hydrogen-bond acceptors (Lipinski definition) is 2. The van der Waals surface area contributed by atoms with Gasteiger partial charge in [-0.15, -0.1) is 0 Å². The minimum absolute atomic E-state index is 0.650. The molecule has 1 aromatic carbocycles. The van der Waals surface area contributed by atoms with Crippen LogP contribution in [-0.2, 0) is 0 Å². The van der Waals surface area contributed by atoms with E-state index in [1.807, 2.05) is 0 Å². The van der Waals surface area contributed by atoms with Gasteiger partial charge in [0.1, 0.15) is 0 Å². The molecule has 1 aromatic rings. The van der Waals surface area contributed by atoms with Crippen LogP contribution in [0.15, 0.2) is 22.7 Å². The van der Waals surface area contributed by atoms with Crippen LogP contribution in [0.2, 0.25) is 0 Å². The molecule has 2 unspecified atom stereocenters. The molecule has 1 N–H and O–H groups in total. The summed E-state index contributed by atoms with van der Waals surface area (Å²) in [6.45, 7) is 4.78. The topological polar surface area (TPSA) is 15.3 Å². The molecule has 0 aliphatic carbocycles. The van der Waals surface area contributed by atoms with Crippen molar-refractivity contribution in [3.8, 4) is 0 Å². The molecule has 0 spiro atoms. The molecule has 0 bridgehead atoms. The Bertz CT molecular complexity index is 433. The number of benzene rings is 1. The van der Waals surface area contributed by atoms with Crippen LogP contribution in [0.25, 0.3) is 0 Å². The maximum Gasteiger partial charge on any atom is 0.0383 e. The number of piperidine rings is 1. The van der Waals surface area contributed by atoms with Crippen molar-refractivity contribution in [2.75, 3.05) is 18.4 Å². The first-order valence-electron chi connectivity index (χ1n) is 6.99. The highest BCUT2D eigenvalue weighted by molar-refractivity contribution is 9.10. The second kappa shape index (κ2) is 5.22. The van der Waals surface area contributed by atoms with Crippen molar-refractivity contribution in [3.63, 3.8) is 0 Å². The van der Waals surface area contributed by atoms with Gasteiger partial charge in [-0.2, -0.15) is 0 Å². The lowest BCUT2D eigenvalue weighted by Crippen LogP contribution is -2.42. The quantitative estimate of drug-likeness (QED) is 0.894. The normalized spacial score (nSPS) is 28.1. The molecule has 3 rings (SSSR count). The third-order valence-electron chi connectivity index (χ3n) is 4.38. The maximum atomic E-state index is 3.75. The lowest BCUT2D eigenvalue weighted by Gasteiger charge is -2.35. The number of nitrogens with one attached hydrogen (secondary N) is 1. The first kappa shape index (κ1) is 12.5. The van der Waals surface area contributed by atoms with Crippen LogP contribution in [0.4, 0.5) is 5.69 Å². The summed E-state index contributed by atoms with van der Waals surface area (Å²) in [6, 6.07) is 7.98. The van der Waals surface area contributed by atoms with Gasteiger partial charge < -0.3 is 10.2 Å². The van der Waals surface area contributed by atoms with E-state index in [1.54, 1.807) is 0 Å². The number of aryl methyl sites for hydroxylation is 1. The van der Waals surface area contributed by atoms with Crippen molar-refractivity contribution < 1.29 is 0 Å². The summed E-state index contributed by atoms with van der Waals surface area (Å²) < 4.78 is 1.16. The van der Waals surface area contributed by atoms with Gasteiger partial charge in [-0.05, 0) is 56.8 Å². The minimum Gasteiger partial charge on any atom is -0.382 e. The zero-order chi connectivity index (χ0) is 12.5. The summed E-state index contributed by atoms with van der Waals surface area (Å²) in [5, 5.41) is 3.75. The molecule has 2 aliphatic rings. The third kappa shape index (κ3) is 2.57. The van der Waals surface area contributed by atoms with E-state index in [2.05, 4.69) is 51.3 Å². The van der Waals surface area contributed by atoms with Gasteiger partial charge in [0.25, 0.3) is 0 Å². The molecule has 0 saturated carbocycles. The Kier molecular flexibility index (Phi) is 3.62. The summed E-state index contributed by atoms with van der Waals surface area (Å²) in [7, 11) is 0. The average molecular weight is 309 g/mol. The summed E-state index contributed by atoms with van der Waals surface area (Å²) in [6.07, 6.45) is 5.39. The van der Waals surface area contributed by atoms with E-state index in [9.17, 15) is 0 Å². The fraction of sp³-hybridized carbons (Fsp3) is 0.600. The van der Waals surface area contributed by atoms with Gasteiger partial charge in [-0.25, -0.2) is 0 Å². The van der Waals surface area contributed by atoms with Crippen molar-refractivity contribution in [2.24, 2.45) is 0 Å². The maximum absolute atomic E-state index is 3.75. The van der Waals surface area contributed by atoms with Gasteiger partial charge >= 0.3 is 0 Å². The fourth-order valence-corrected chi connectivity index (χ4v) is 3.69. The highest BCUT2D eigenvalue weighted by Gasteiger charge is 2.31. The molecule has 2 atom stereocenters. The van der Waals surface area contributed by atoms with E-state index in [0.29, 0.717) is 6.04 Å². The van der Waals surface area contributed by atoms with Gasteiger partial charge in [0.2, 0.25) is 0 Å². The van der Waals surface area contributed by atoms with Crippen molar-refractivity contribution in [1.82, 2.24) is 4.90 Å². The Morgan fingerprint density at radius 2 is 2.17 bits per heavy atom. The predicted octanol–water partition coefficient (Wildman–Crippen LogP) is 3.80. The van der Waals surface area contributed by atoms with Crippen LogP contribution in [0, 0.1) is 6.92 Å². The monoisotopic (exact) mass is 308 g/mol. The van der Waals surface area contributed by atoms with Gasteiger partial charge in [-0.1, -0.05) is 22.0 Å². The van der Waals surface area contributed by atoms with E-state index in [-0.39, 0.29) is 0 Å². The number of fused-ring (bicyclic) bond motifs is 1. The Labute approximate surface area is 118 Å². The standard InChI is InChI=1S/C15H21BrN2/c1-11-4-5-12(16)9-15(11)17-13-6-8-18-7-2-3-14(18)10-13/h4-5,9,13-14,17H,2-3,6-8,10H2,1H3. The largest absolute Gasteiger partial charge is 0.382 e. The number of anilines is 1. The van der Waals surface area contributed by atoms with Crippen LogP contribution in [-0.4, -0.2) is 30.1 Å². The predicted molar refractivity (Wildman–Crippen MR) is 80.1 cm³/mol. The molecule has 2 saturated heterocycles. The van der Waals surface area contributed by atoms with E-state index < -0.39 is 0 Å². The van der Waals surface area contributed by atoms with Crippen molar-refractivity contribution in [1.29, 1.82) is 0 Å². The fourth-order valence-electron chi connectivity index (χ4n) is 3.33. The summed E-state index contributed by atoms with van der Waals surface area (Å²) in [5.74, 6) is 0. The van der Waals surface area contributed by atoms with E-state index in [1.165, 1.54) is 50.0 Å². The molecule has 0 aromatic heterocycles. The molecule has 2 heterocycles. The van der Waals surface area contributed by atoms with Gasteiger partial charge in [0.05, 0.1) is 0 Å². The smallest absolute Gasteiger partial charge is 0.0383 e. The molecule has 2 fully saturated rings. The highest BCUT2D eigenvalue weighted by Crippen LogP contribution is 2.30. The van der Waals surface area contributed by atoms with Crippen LogP contribution in [0.3, 0.4) is 0 Å². The summed E-state index contributed by atoms with van der Waals surface area (Å²) in [5.41, 5.74) is 2.63. The molecule has 98 valence electrons. The Morgan fingerprint density at radius 1 is 1.28 bits per heavy atom. The lowest BCUT2D eigenvalue weighted by molar-refractivity contribution is 0.188. The zero-order valence-electron chi connectivity index (χ0n) is 11.0. The number of rotatable bonds is 2. The number of halogens is 1. The second-order valence-electron chi connectivity index (χ2n) is 5.66. The van der Waals surface area contributed by atoms with Crippen LogP contribution < -0.4 is 5.32 Å².